The number of ether oxygens (including phenoxy) is 1. The molecule has 0 saturated heterocycles. The van der Waals surface area contributed by atoms with E-state index in [-0.39, 0.29) is 5.97 Å². The minimum atomic E-state index is -0.286. The summed E-state index contributed by atoms with van der Waals surface area (Å²) >= 11 is 0. The van der Waals surface area contributed by atoms with Crippen molar-refractivity contribution in [2.45, 2.75) is 12.8 Å². The van der Waals surface area contributed by atoms with Gasteiger partial charge < -0.3 is 4.74 Å². The van der Waals surface area contributed by atoms with E-state index in [1.165, 1.54) is 0 Å². The lowest BCUT2D eigenvalue weighted by Gasteiger charge is -2.12. The molecule has 0 aromatic carbocycles. The molecule has 0 bridgehead atoms. The average Bonchev–Trinajstić information content (AvgIpc) is 1.97. The maximum atomic E-state index is 10.8. The second-order valence-corrected chi connectivity index (χ2v) is 3.46. The lowest BCUT2D eigenvalue weighted by atomic mass is 10.3. The van der Waals surface area contributed by atoms with Crippen molar-refractivity contribution >= 4 is 5.97 Å². The smallest absolute Gasteiger partial charge is 0.311 e. The molecule has 3 heteroatoms. The van der Waals surface area contributed by atoms with Gasteiger partial charge in [0.2, 0.25) is 0 Å². The quantitative estimate of drug-likeness (QED) is 0.283. The summed E-state index contributed by atoms with van der Waals surface area (Å²) in [6.45, 7) is 3.29. The summed E-state index contributed by atoms with van der Waals surface area (Å²) in [5, 5.41) is 0. The van der Waals surface area contributed by atoms with Crippen LogP contribution in [0.15, 0.2) is 12.8 Å². The van der Waals surface area contributed by atoms with Crippen molar-refractivity contribution < 1.29 is 14.0 Å². The zero-order valence-electron chi connectivity index (χ0n) is 8.46. The molecule has 0 aliphatic rings. The highest BCUT2D eigenvalue weighted by atomic mass is 16.5. The average molecular weight is 182 g/mol. The molecule has 0 radical (unpaired) electrons. The Bertz CT molecular complexity index is 240. The number of nitrogens with zero attached hydrogens (tertiary/aromatic N) is 1. The number of hydrogen-bond donors (Lipinski definition) is 0. The van der Waals surface area contributed by atoms with Crippen molar-refractivity contribution in [1.82, 2.24) is 0 Å². The highest BCUT2D eigenvalue weighted by Gasteiger charge is 2.01. The van der Waals surface area contributed by atoms with Crippen LogP contribution in [0.5, 0.6) is 0 Å². The van der Waals surface area contributed by atoms with E-state index in [0.717, 1.165) is 6.26 Å². The summed E-state index contributed by atoms with van der Waals surface area (Å²) in [6.07, 6.45) is 1.98. The zero-order valence-corrected chi connectivity index (χ0v) is 8.46. The largest absolute Gasteiger partial charge is 0.435 e. The zero-order chi connectivity index (χ0) is 10.3. The van der Waals surface area contributed by atoms with E-state index in [1.54, 1.807) is 0 Å². The second kappa shape index (κ2) is 5.39. The summed E-state index contributed by atoms with van der Waals surface area (Å²) in [4.78, 5) is 10.8. The molecule has 0 heterocycles. The summed E-state index contributed by atoms with van der Waals surface area (Å²) < 4.78 is 5.11. The Morgan fingerprint density at radius 2 is 2.15 bits per heavy atom. The van der Waals surface area contributed by atoms with E-state index in [2.05, 4.69) is 23.3 Å². The lowest BCUT2D eigenvalue weighted by molar-refractivity contribution is -0.800. The number of quaternary nitrogens is 1. The first-order chi connectivity index (χ1) is 5.95. The maximum Gasteiger partial charge on any atom is 0.311 e. The van der Waals surface area contributed by atoms with Crippen LogP contribution in [0.3, 0.4) is 0 Å². The van der Waals surface area contributed by atoms with Crippen LogP contribution < -0.4 is 0 Å². The van der Waals surface area contributed by atoms with Crippen LogP contribution in [-0.4, -0.2) is 31.6 Å². The summed E-state index contributed by atoms with van der Waals surface area (Å²) in [7, 11) is 5.90. The topological polar surface area (TPSA) is 26.3 Å². The van der Waals surface area contributed by atoms with Crippen molar-refractivity contribution in [3.05, 3.63) is 12.8 Å². The molecule has 0 aliphatic heterocycles. The minimum Gasteiger partial charge on any atom is -0.435 e. The Hall–Kier alpha value is -1.27. The van der Waals surface area contributed by atoms with Gasteiger partial charge in [-0.05, 0) is 5.92 Å². The number of carbonyl (C=O) groups excluding carboxylic acids is 1. The Morgan fingerprint density at radius 1 is 1.54 bits per heavy atom. The minimum absolute atomic E-state index is 0.286. The first-order valence-electron chi connectivity index (χ1n) is 4.07. The van der Waals surface area contributed by atoms with Crippen LogP contribution in [-0.2, 0) is 9.53 Å². The van der Waals surface area contributed by atoms with E-state index in [1.807, 2.05) is 21.1 Å². The molecule has 0 amide bonds. The molecule has 0 fully saturated rings. The normalized spacial score (nSPS) is 9.77. The van der Waals surface area contributed by atoms with Crippen LogP contribution in [0.2, 0.25) is 0 Å². The Balaban J connectivity index is 3.71. The van der Waals surface area contributed by atoms with Gasteiger partial charge >= 0.3 is 5.97 Å². The van der Waals surface area contributed by atoms with Gasteiger partial charge in [0.25, 0.3) is 0 Å². The number of hydrogen-bond acceptors (Lipinski definition) is 2. The molecule has 72 valence electrons. The Morgan fingerprint density at radius 3 is 2.62 bits per heavy atom. The third kappa shape index (κ3) is 8.64. The van der Waals surface area contributed by atoms with Gasteiger partial charge in [0.05, 0.1) is 33.8 Å². The van der Waals surface area contributed by atoms with Crippen LogP contribution in [0, 0.1) is 12.0 Å². The van der Waals surface area contributed by atoms with E-state index in [0.29, 0.717) is 17.3 Å². The molecule has 13 heavy (non-hydrogen) atoms. The van der Waals surface area contributed by atoms with Crippen LogP contribution in [0.1, 0.15) is 12.8 Å². The molecule has 0 rings (SSSR count). The van der Waals surface area contributed by atoms with E-state index >= 15 is 0 Å². The standard InChI is InChI=1S/C10H16NO2/c1-5-13-10(12)8-6-7-9-11(2,3)4/h5H,1,6,8H2,2-4H3/q+1. The summed E-state index contributed by atoms with van der Waals surface area (Å²) in [6, 6.07) is 2.97. The molecule has 0 saturated carbocycles. The second-order valence-electron chi connectivity index (χ2n) is 3.46. The predicted molar refractivity (Wildman–Crippen MR) is 51.3 cm³/mol. The molecule has 0 atom stereocenters. The molecule has 0 spiro atoms. The van der Waals surface area contributed by atoms with Gasteiger partial charge in [0.1, 0.15) is 6.04 Å². The van der Waals surface area contributed by atoms with Gasteiger partial charge in [-0.1, -0.05) is 6.58 Å². The van der Waals surface area contributed by atoms with Crippen molar-refractivity contribution in [2.24, 2.45) is 0 Å². The van der Waals surface area contributed by atoms with Gasteiger partial charge in [-0.2, -0.15) is 0 Å². The van der Waals surface area contributed by atoms with Crippen LogP contribution in [0.25, 0.3) is 0 Å². The number of esters is 1. The van der Waals surface area contributed by atoms with Crippen molar-refractivity contribution in [3.63, 3.8) is 0 Å². The molecular weight excluding hydrogens is 166 g/mol. The van der Waals surface area contributed by atoms with Crippen molar-refractivity contribution in [3.8, 4) is 12.0 Å². The number of carbonyl (C=O) groups is 1. The van der Waals surface area contributed by atoms with Gasteiger partial charge in [0, 0.05) is 6.42 Å². The molecule has 0 aromatic heterocycles. The predicted octanol–water partition coefficient (Wildman–Crippen LogP) is 1.12. The first-order valence-corrected chi connectivity index (χ1v) is 4.07. The maximum absolute atomic E-state index is 10.8. The highest BCUT2D eigenvalue weighted by Crippen LogP contribution is 1.92. The molecule has 3 nitrogen and oxygen atoms in total. The fourth-order valence-corrected chi connectivity index (χ4v) is 0.610. The van der Waals surface area contributed by atoms with Gasteiger partial charge in [0.15, 0.2) is 0 Å². The Labute approximate surface area is 79.6 Å². The van der Waals surface area contributed by atoms with E-state index in [4.69, 9.17) is 0 Å². The SMILES string of the molecule is C=COC(=O)CCC#C[N+](C)(C)C. The van der Waals surface area contributed by atoms with E-state index < -0.39 is 0 Å². The van der Waals surface area contributed by atoms with E-state index in [9.17, 15) is 4.79 Å². The third-order valence-corrected chi connectivity index (χ3v) is 1.08. The van der Waals surface area contributed by atoms with Crippen LogP contribution >= 0.6 is 0 Å². The van der Waals surface area contributed by atoms with Crippen molar-refractivity contribution in [1.29, 1.82) is 0 Å². The molecule has 0 N–H and O–H groups in total. The first kappa shape index (κ1) is 11.7. The summed E-state index contributed by atoms with van der Waals surface area (Å²) in [5.74, 6) is 2.62. The highest BCUT2D eigenvalue weighted by molar-refractivity contribution is 5.70. The fraction of sp³-hybridized carbons (Fsp3) is 0.500. The monoisotopic (exact) mass is 182 g/mol. The third-order valence-electron chi connectivity index (χ3n) is 1.08. The van der Waals surface area contributed by atoms with Crippen molar-refractivity contribution in [2.75, 3.05) is 21.1 Å². The molecular formula is C10H16NO2+. The lowest BCUT2D eigenvalue weighted by Crippen LogP contribution is -2.27. The Kier molecular flexibility index (Phi) is 4.86. The molecule has 0 aromatic rings. The summed E-state index contributed by atoms with van der Waals surface area (Å²) in [5.41, 5.74) is 0. The number of rotatable bonds is 3. The molecule has 0 unspecified atom stereocenters. The van der Waals surface area contributed by atoms with Gasteiger partial charge in [-0.25, -0.2) is 0 Å². The fourth-order valence-electron chi connectivity index (χ4n) is 0.610. The molecule has 0 aliphatic carbocycles. The van der Waals surface area contributed by atoms with Gasteiger partial charge in [-0.15, -0.1) is 0 Å². The van der Waals surface area contributed by atoms with Gasteiger partial charge in [-0.3, -0.25) is 9.28 Å². The van der Waals surface area contributed by atoms with Crippen LogP contribution in [0.4, 0.5) is 0 Å².